The highest BCUT2D eigenvalue weighted by molar-refractivity contribution is 7.89. The monoisotopic (exact) mass is 464 g/mol. The van der Waals surface area contributed by atoms with E-state index in [0.29, 0.717) is 24.4 Å². The number of rotatable bonds is 7. The van der Waals surface area contributed by atoms with Crippen LogP contribution in [0.2, 0.25) is 5.02 Å². The first-order valence-corrected chi connectivity index (χ1v) is 12.3. The molecule has 2 aromatic carbocycles. The molecule has 6 nitrogen and oxygen atoms in total. The van der Waals surface area contributed by atoms with Gasteiger partial charge in [0.15, 0.2) is 0 Å². The maximum atomic E-state index is 13.0. The Morgan fingerprint density at radius 3 is 2.58 bits per heavy atom. The number of aryl methyl sites for hydroxylation is 1. The largest absolute Gasteiger partial charge is 0.496 e. The molecule has 0 bridgehead atoms. The first-order chi connectivity index (χ1) is 14.8. The Hall–Kier alpha value is -2.09. The molecular weight excluding hydrogens is 436 g/mol. The second-order valence-electron chi connectivity index (χ2n) is 7.85. The zero-order valence-corrected chi connectivity index (χ0v) is 19.7. The number of carbonyl (C=O) groups is 1. The Balaban J connectivity index is 1.71. The van der Waals surface area contributed by atoms with E-state index >= 15 is 0 Å². The number of methoxy groups -OCH3 is 1. The predicted octanol–water partition coefficient (Wildman–Crippen LogP) is 4.33. The van der Waals surface area contributed by atoms with E-state index in [4.69, 9.17) is 16.3 Å². The van der Waals surface area contributed by atoms with Gasteiger partial charge in [0.05, 0.1) is 24.0 Å². The van der Waals surface area contributed by atoms with Crippen molar-refractivity contribution in [3.05, 3.63) is 58.6 Å². The van der Waals surface area contributed by atoms with E-state index in [2.05, 4.69) is 5.32 Å². The van der Waals surface area contributed by atoms with Crippen LogP contribution in [0.15, 0.2) is 47.4 Å². The number of sulfonamides is 1. The second kappa shape index (κ2) is 10.0. The van der Waals surface area contributed by atoms with Gasteiger partial charge in [-0.05, 0) is 67.6 Å². The highest BCUT2D eigenvalue weighted by atomic mass is 35.5. The number of hydrogen-bond donors (Lipinski definition) is 1. The molecule has 1 saturated heterocycles. The summed E-state index contributed by atoms with van der Waals surface area (Å²) < 4.78 is 32.7. The molecule has 8 heteroatoms. The van der Waals surface area contributed by atoms with Gasteiger partial charge in [-0.3, -0.25) is 4.79 Å². The van der Waals surface area contributed by atoms with Crippen molar-refractivity contribution in [3.8, 4) is 5.75 Å². The minimum Gasteiger partial charge on any atom is -0.496 e. The fraction of sp³-hybridized carbons (Fsp3) is 0.435. The Labute approximate surface area is 189 Å². The van der Waals surface area contributed by atoms with Crippen LogP contribution in [0.1, 0.15) is 43.4 Å². The van der Waals surface area contributed by atoms with Gasteiger partial charge in [0, 0.05) is 18.1 Å². The molecular formula is C23H29ClN2O4S. The van der Waals surface area contributed by atoms with Gasteiger partial charge in [0.2, 0.25) is 15.9 Å². The molecule has 31 heavy (non-hydrogen) atoms. The van der Waals surface area contributed by atoms with Crippen molar-refractivity contribution in [2.75, 3.05) is 20.2 Å². The molecule has 1 amide bonds. The van der Waals surface area contributed by atoms with Crippen LogP contribution in [0.5, 0.6) is 5.75 Å². The van der Waals surface area contributed by atoms with E-state index in [1.54, 1.807) is 19.2 Å². The van der Waals surface area contributed by atoms with Crippen molar-refractivity contribution >= 4 is 27.5 Å². The normalized spacial score (nSPS) is 18.4. The van der Waals surface area contributed by atoms with Gasteiger partial charge in [-0.1, -0.05) is 30.7 Å². The van der Waals surface area contributed by atoms with Crippen LogP contribution in [0.3, 0.4) is 0 Å². The summed E-state index contributed by atoms with van der Waals surface area (Å²) in [6.45, 7) is 4.57. The zero-order chi connectivity index (χ0) is 22.6. The molecule has 1 N–H and O–H groups in total. The third-order valence-corrected chi connectivity index (χ3v) is 7.88. The van der Waals surface area contributed by atoms with Crippen molar-refractivity contribution in [3.63, 3.8) is 0 Å². The standard InChI is InChI=1S/C23H29ClN2O4S/c1-4-21(17-7-12-22(30-3)16(2)14-17)25-23(27)18-6-5-13-26(15-18)31(28,29)20-10-8-19(24)9-11-20/h7-12,14,18,21H,4-6,13,15H2,1-3H3,(H,25,27)/t18-,21+/m1/s1. The Morgan fingerprint density at radius 2 is 1.97 bits per heavy atom. The van der Waals surface area contributed by atoms with Crippen LogP contribution in [0, 0.1) is 12.8 Å². The van der Waals surface area contributed by atoms with E-state index in [9.17, 15) is 13.2 Å². The Morgan fingerprint density at radius 1 is 1.26 bits per heavy atom. The first-order valence-electron chi connectivity index (χ1n) is 10.5. The van der Waals surface area contributed by atoms with E-state index in [0.717, 1.165) is 23.3 Å². The summed E-state index contributed by atoms with van der Waals surface area (Å²) in [6.07, 6.45) is 2.04. The number of nitrogens with one attached hydrogen (secondary N) is 1. The lowest BCUT2D eigenvalue weighted by Gasteiger charge is -2.32. The smallest absolute Gasteiger partial charge is 0.243 e. The summed E-state index contributed by atoms with van der Waals surface area (Å²) >= 11 is 5.88. The van der Waals surface area contributed by atoms with Crippen LogP contribution in [0.25, 0.3) is 0 Å². The highest BCUT2D eigenvalue weighted by Crippen LogP contribution is 2.27. The second-order valence-corrected chi connectivity index (χ2v) is 10.2. The molecule has 0 spiro atoms. The SMILES string of the molecule is CC[C@H](NC(=O)[C@@H]1CCCN(S(=O)(=O)c2ccc(Cl)cc2)C1)c1ccc(OC)c(C)c1. The number of amides is 1. The Bertz CT molecular complexity index is 1020. The number of benzene rings is 2. The van der Waals surface area contributed by atoms with Gasteiger partial charge in [-0.25, -0.2) is 8.42 Å². The lowest BCUT2D eigenvalue weighted by atomic mass is 9.96. The summed E-state index contributed by atoms with van der Waals surface area (Å²) in [7, 11) is -2.03. The lowest BCUT2D eigenvalue weighted by Crippen LogP contribution is -2.46. The quantitative estimate of drug-likeness (QED) is 0.661. The summed E-state index contributed by atoms with van der Waals surface area (Å²) in [5.41, 5.74) is 2.01. The van der Waals surface area contributed by atoms with Gasteiger partial charge in [0.1, 0.15) is 5.75 Å². The maximum absolute atomic E-state index is 13.0. The van der Waals surface area contributed by atoms with Crippen molar-refractivity contribution in [1.29, 1.82) is 0 Å². The summed E-state index contributed by atoms with van der Waals surface area (Å²) in [5, 5.41) is 3.60. The zero-order valence-electron chi connectivity index (χ0n) is 18.1. The molecule has 0 unspecified atom stereocenters. The van der Waals surface area contributed by atoms with Crippen LogP contribution >= 0.6 is 11.6 Å². The highest BCUT2D eigenvalue weighted by Gasteiger charge is 2.34. The van der Waals surface area contributed by atoms with Gasteiger partial charge >= 0.3 is 0 Å². The third kappa shape index (κ3) is 5.40. The summed E-state index contributed by atoms with van der Waals surface area (Å²) in [6, 6.07) is 11.9. The topological polar surface area (TPSA) is 75.7 Å². The molecule has 1 heterocycles. The van der Waals surface area contributed by atoms with E-state index < -0.39 is 10.0 Å². The van der Waals surface area contributed by atoms with Crippen molar-refractivity contribution in [2.24, 2.45) is 5.92 Å². The van der Waals surface area contributed by atoms with Crippen molar-refractivity contribution < 1.29 is 17.9 Å². The van der Waals surface area contributed by atoms with Crippen LogP contribution < -0.4 is 10.1 Å². The average Bonchev–Trinajstić information content (AvgIpc) is 2.77. The number of ether oxygens (including phenoxy) is 1. The number of nitrogens with zero attached hydrogens (tertiary/aromatic N) is 1. The van der Waals surface area contributed by atoms with E-state index in [1.165, 1.54) is 16.4 Å². The molecule has 3 rings (SSSR count). The fourth-order valence-corrected chi connectivity index (χ4v) is 5.61. The van der Waals surface area contributed by atoms with Crippen LogP contribution in [-0.4, -0.2) is 38.8 Å². The maximum Gasteiger partial charge on any atom is 0.243 e. The molecule has 2 aromatic rings. The van der Waals surface area contributed by atoms with E-state index in [1.807, 2.05) is 32.0 Å². The van der Waals surface area contributed by atoms with Gasteiger partial charge < -0.3 is 10.1 Å². The molecule has 2 atom stereocenters. The summed E-state index contributed by atoms with van der Waals surface area (Å²) in [5.74, 6) is 0.306. The van der Waals surface area contributed by atoms with Gasteiger partial charge in [0.25, 0.3) is 0 Å². The molecule has 168 valence electrons. The molecule has 0 radical (unpaired) electrons. The van der Waals surface area contributed by atoms with E-state index in [-0.39, 0.29) is 29.3 Å². The number of halogens is 1. The first kappa shape index (κ1) is 23.6. The summed E-state index contributed by atoms with van der Waals surface area (Å²) in [4.78, 5) is 13.2. The molecule has 0 aromatic heterocycles. The Kier molecular flexibility index (Phi) is 7.62. The minimum absolute atomic E-state index is 0.115. The molecule has 1 aliphatic heterocycles. The van der Waals surface area contributed by atoms with Gasteiger partial charge in [-0.2, -0.15) is 4.31 Å². The molecule has 1 fully saturated rings. The van der Waals surface area contributed by atoms with Crippen molar-refractivity contribution in [2.45, 2.75) is 44.0 Å². The minimum atomic E-state index is -3.66. The van der Waals surface area contributed by atoms with Gasteiger partial charge in [-0.15, -0.1) is 0 Å². The van der Waals surface area contributed by atoms with Crippen LogP contribution in [-0.2, 0) is 14.8 Å². The van der Waals surface area contributed by atoms with Crippen molar-refractivity contribution in [1.82, 2.24) is 9.62 Å². The molecule has 0 aliphatic carbocycles. The average molecular weight is 465 g/mol. The van der Waals surface area contributed by atoms with Crippen LogP contribution in [0.4, 0.5) is 0 Å². The number of carbonyl (C=O) groups excluding carboxylic acids is 1. The number of hydrogen-bond acceptors (Lipinski definition) is 4. The lowest BCUT2D eigenvalue weighted by molar-refractivity contribution is -0.126. The fourth-order valence-electron chi connectivity index (χ4n) is 3.96. The molecule has 1 aliphatic rings. The number of piperidine rings is 1. The third-order valence-electron chi connectivity index (χ3n) is 5.75. The molecule has 0 saturated carbocycles. The predicted molar refractivity (Wildman–Crippen MR) is 122 cm³/mol.